The standard InChI is InChI=1S/C16H28N2O6/c1-10(17-12(14(21)22)8-6-7-9-19)13(20)18-11(2)15(23)24-16(3,4)5/h9-12,17H,6-8H2,1-5H3,(H,18,20)(H,21,22)/t10-,11-,12?/m0/s1. The van der Waals surface area contributed by atoms with Crippen LogP contribution < -0.4 is 10.6 Å². The molecule has 24 heavy (non-hydrogen) atoms. The molecule has 0 rings (SSSR count). The number of carbonyl (C=O) groups excluding carboxylic acids is 3. The molecule has 0 saturated carbocycles. The lowest BCUT2D eigenvalue weighted by molar-refractivity contribution is -0.158. The van der Waals surface area contributed by atoms with Crippen molar-refractivity contribution in [2.45, 2.75) is 77.6 Å². The number of amides is 1. The largest absolute Gasteiger partial charge is 0.480 e. The van der Waals surface area contributed by atoms with E-state index in [0.29, 0.717) is 6.42 Å². The van der Waals surface area contributed by atoms with Gasteiger partial charge in [-0.2, -0.15) is 0 Å². The van der Waals surface area contributed by atoms with E-state index < -0.39 is 41.6 Å². The summed E-state index contributed by atoms with van der Waals surface area (Å²) in [7, 11) is 0. The minimum atomic E-state index is -1.10. The molecule has 0 aromatic heterocycles. The number of esters is 1. The third kappa shape index (κ3) is 9.24. The molecule has 138 valence electrons. The van der Waals surface area contributed by atoms with Crippen molar-refractivity contribution in [3.05, 3.63) is 0 Å². The van der Waals surface area contributed by atoms with Gasteiger partial charge in [-0.3, -0.25) is 14.9 Å². The summed E-state index contributed by atoms with van der Waals surface area (Å²) >= 11 is 0. The fraction of sp³-hybridized carbons (Fsp3) is 0.750. The molecule has 0 bridgehead atoms. The Hall–Kier alpha value is -1.96. The summed E-state index contributed by atoms with van der Waals surface area (Å²) in [6.45, 7) is 8.17. The van der Waals surface area contributed by atoms with E-state index in [2.05, 4.69) is 10.6 Å². The molecule has 1 unspecified atom stereocenters. The van der Waals surface area contributed by atoms with Crippen LogP contribution in [0.3, 0.4) is 0 Å². The Bertz CT molecular complexity index is 458. The molecule has 0 aliphatic heterocycles. The first-order chi connectivity index (χ1) is 11.0. The van der Waals surface area contributed by atoms with Crippen LogP contribution in [0, 0.1) is 0 Å². The molecular formula is C16H28N2O6. The van der Waals surface area contributed by atoms with Gasteiger partial charge in [0.2, 0.25) is 5.91 Å². The van der Waals surface area contributed by atoms with Gasteiger partial charge in [0.15, 0.2) is 0 Å². The maximum atomic E-state index is 12.1. The lowest BCUT2D eigenvalue weighted by Gasteiger charge is -2.24. The normalized spacial score (nSPS) is 15.0. The Balaban J connectivity index is 4.54. The van der Waals surface area contributed by atoms with Crippen molar-refractivity contribution in [3.63, 3.8) is 0 Å². The lowest BCUT2D eigenvalue weighted by Crippen LogP contribution is -2.52. The highest BCUT2D eigenvalue weighted by Gasteiger charge is 2.27. The van der Waals surface area contributed by atoms with Gasteiger partial charge in [0.05, 0.1) is 6.04 Å². The van der Waals surface area contributed by atoms with Crippen molar-refractivity contribution in [1.82, 2.24) is 10.6 Å². The van der Waals surface area contributed by atoms with Crippen molar-refractivity contribution in [2.75, 3.05) is 0 Å². The summed E-state index contributed by atoms with van der Waals surface area (Å²) in [4.78, 5) is 45.4. The maximum Gasteiger partial charge on any atom is 0.328 e. The smallest absolute Gasteiger partial charge is 0.328 e. The third-order valence-electron chi connectivity index (χ3n) is 3.08. The molecule has 8 heteroatoms. The number of carboxylic acid groups (broad SMARTS) is 1. The predicted molar refractivity (Wildman–Crippen MR) is 87.4 cm³/mol. The van der Waals surface area contributed by atoms with E-state index in [-0.39, 0.29) is 12.8 Å². The number of unbranched alkanes of at least 4 members (excludes halogenated alkanes) is 1. The zero-order valence-electron chi connectivity index (χ0n) is 14.9. The van der Waals surface area contributed by atoms with Crippen LogP contribution in [0.4, 0.5) is 0 Å². The van der Waals surface area contributed by atoms with Gasteiger partial charge in [-0.05, 0) is 47.5 Å². The number of carboxylic acids is 1. The van der Waals surface area contributed by atoms with Crippen LogP contribution in [0.25, 0.3) is 0 Å². The number of hydrogen-bond acceptors (Lipinski definition) is 6. The Labute approximate surface area is 142 Å². The molecular weight excluding hydrogens is 316 g/mol. The van der Waals surface area contributed by atoms with Crippen molar-refractivity contribution >= 4 is 24.1 Å². The monoisotopic (exact) mass is 344 g/mol. The molecule has 0 heterocycles. The molecule has 0 aliphatic carbocycles. The van der Waals surface area contributed by atoms with Crippen molar-refractivity contribution in [1.29, 1.82) is 0 Å². The topological polar surface area (TPSA) is 122 Å². The summed E-state index contributed by atoms with van der Waals surface area (Å²) < 4.78 is 5.16. The van der Waals surface area contributed by atoms with Gasteiger partial charge in [-0.1, -0.05) is 0 Å². The molecule has 3 N–H and O–H groups in total. The summed E-state index contributed by atoms with van der Waals surface area (Å²) in [5.74, 6) is -2.17. The maximum absolute atomic E-state index is 12.1. The molecule has 8 nitrogen and oxygen atoms in total. The summed E-state index contributed by atoms with van der Waals surface area (Å²) in [5.41, 5.74) is -0.660. The molecule has 1 amide bonds. The van der Waals surface area contributed by atoms with Gasteiger partial charge in [0, 0.05) is 6.42 Å². The number of aldehydes is 1. The molecule has 0 aromatic carbocycles. The van der Waals surface area contributed by atoms with E-state index >= 15 is 0 Å². The molecule has 0 radical (unpaired) electrons. The summed E-state index contributed by atoms with van der Waals surface area (Å²) in [6, 6.07) is -2.60. The van der Waals surface area contributed by atoms with Crippen LogP contribution in [0.15, 0.2) is 0 Å². The van der Waals surface area contributed by atoms with E-state index in [1.807, 2.05) is 0 Å². The van der Waals surface area contributed by atoms with E-state index in [9.17, 15) is 19.2 Å². The van der Waals surface area contributed by atoms with Crippen LogP contribution >= 0.6 is 0 Å². The van der Waals surface area contributed by atoms with Gasteiger partial charge in [-0.15, -0.1) is 0 Å². The molecule has 0 aromatic rings. The Morgan fingerprint density at radius 1 is 1.17 bits per heavy atom. The summed E-state index contributed by atoms with van der Waals surface area (Å²) in [6.07, 6.45) is 1.63. The van der Waals surface area contributed by atoms with Crippen LogP contribution in [-0.4, -0.2) is 53.0 Å². The second kappa shape index (κ2) is 10.0. The summed E-state index contributed by atoms with van der Waals surface area (Å²) in [5, 5.41) is 14.3. The van der Waals surface area contributed by atoms with E-state index in [1.165, 1.54) is 13.8 Å². The number of hydrogen-bond donors (Lipinski definition) is 3. The van der Waals surface area contributed by atoms with Crippen LogP contribution in [0.1, 0.15) is 53.9 Å². The van der Waals surface area contributed by atoms with Crippen LogP contribution in [-0.2, 0) is 23.9 Å². The second-order valence-corrected chi connectivity index (χ2v) is 6.64. The van der Waals surface area contributed by atoms with Gasteiger partial charge in [-0.25, -0.2) is 4.79 Å². The lowest BCUT2D eigenvalue weighted by atomic mass is 10.1. The predicted octanol–water partition coefficient (Wildman–Crippen LogP) is 0.633. The highest BCUT2D eigenvalue weighted by Crippen LogP contribution is 2.08. The van der Waals surface area contributed by atoms with Gasteiger partial charge < -0.3 is 20.0 Å². The number of ether oxygens (including phenoxy) is 1. The SMILES string of the molecule is C[C@H](NC(CCCC=O)C(=O)O)C(=O)N[C@@H](C)C(=O)OC(C)(C)C. The first kappa shape index (κ1) is 22.0. The van der Waals surface area contributed by atoms with Crippen LogP contribution in [0.5, 0.6) is 0 Å². The highest BCUT2D eigenvalue weighted by atomic mass is 16.6. The van der Waals surface area contributed by atoms with Crippen molar-refractivity contribution < 1.29 is 29.0 Å². The first-order valence-electron chi connectivity index (χ1n) is 7.93. The molecule has 0 aliphatic rings. The van der Waals surface area contributed by atoms with Gasteiger partial charge >= 0.3 is 11.9 Å². The van der Waals surface area contributed by atoms with Gasteiger partial charge in [0.25, 0.3) is 0 Å². The van der Waals surface area contributed by atoms with Crippen molar-refractivity contribution in [2.24, 2.45) is 0 Å². The third-order valence-corrected chi connectivity index (χ3v) is 3.08. The fourth-order valence-electron chi connectivity index (χ4n) is 1.85. The molecule has 0 spiro atoms. The minimum absolute atomic E-state index is 0.229. The Morgan fingerprint density at radius 2 is 1.75 bits per heavy atom. The molecule has 3 atom stereocenters. The number of rotatable bonds is 10. The zero-order valence-corrected chi connectivity index (χ0v) is 14.9. The number of carbonyl (C=O) groups is 4. The molecule has 0 saturated heterocycles. The van der Waals surface area contributed by atoms with E-state index in [1.54, 1.807) is 20.8 Å². The highest BCUT2D eigenvalue weighted by molar-refractivity contribution is 5.87. The number of nitrogens with one attached hydrogen (secondary N) is 2. The average Bonchev–Trinajstić information content (AvgIpc) is 2.43. The van der Waals surface area contributed by atoms with Gasteiger partial charge in [0.1, 0.15) is 24.0 Å². The quantitative estimate of drug-likeness (QED) is 0.302. The first-order valence-corrected chi connectivity index (χ1v) is 7.93. The van der Waals surface area contributed by atoms with E-state index in [4.69, 9.17) is 9.84 Å². The van der Waals surface area contributed by atoms with Crippen LogP contribution in [0.2, 0.25) is 0 Å². The fourth-order valence-corrected chi connectivity index (χ4v) is 1.85. The number of aliphatic carboxylic acids is 1. The Kier molecular flexibility index (Phi) is 9.20. The average molecular weight is 344 g/mol. The minimum Gasteiger partial charge on any atom is -0.480 e. The Morgan fingerprint density at radius 3 is 2.21 bits per heavy atom. The molecule has 0 fully saturated rings. The van der Waals surface area contributed by atoms with Crippen molar-refractivity contribution in [3.8, 4) is 0 Å². The zero-order chi connectivity index (χ0) is 18.9. The van der Waals surface area contributed by atoms with E-state index in [0.717, 1.165) is 6.29 Å². The second-order valence-electron chi connectivity index (χ2n) is 6.64.